The monoisotopic (exact) mass is 445 g/mol. The van der Waals surface area contributed by atoms with Crippen molar-refractivity contribution in [1.29, 1.82) is 0 Å². The van der Waals surface area contributed by atoms with Crippen LogP contribution in [-0.2, 0) is 6.54 Å². The summed E-state index contributed by atoms with van der Waals surface area (Å²) >= 11 is 8.14. The molecule has 1 aliphatic heterocycles. The van der Waals surface area contributed by atoms with Gasteiger partial charge in [0.15, 0.2) is 0 Å². The highest BCUT2D eigenvalue weighted by molar-refractivity contribution is 7.99. The Morgan fingerprint density at radius 3 is 2.80 bits per heavy atom. The summed E-state index contributed by atoms with van der Waals surface area (Å²) in [5, 5.41) is 6.95. The number of rotatable bonds is 5. The molecule has 3 aromatic rings. The van der Waals surface area contributed by atoms with E-state index >= 15 is 0 Å². The Morgan fingerprint density at radius 2 is 2.03 bits per heavy atom. The number of carbonyl (C=O) groups excluding carboxylic acids is 1. The third-order valence-electron chi connectivity index (χ3n) is 4.98. The predicted molar refractivity (Wildman–Crippen MR) is 119 cm³/mol. The fourth-order valence-corrected chi connectivity index (χ4v) is 4.72. The van der Waals surface area contributed by atoms with Gasteiger partial charge in [-0.1, -0.05) is 35.0 Å². The van der Waals surface area contributed by atoms with Crippen LogP contribution in [-0.4, -0.2) is 40.6 Å². The number of nitrogens with zero attached hydrogens (tertiary/aromatic N) is 2. The molecule has 2 heterocycles. The summed E-state index contributed by atoms with van der Waals surface area (Å²) in [5.41, 5.74) is 2.10. The second kappa shape index (κ2) is 9.20. The summed E-state index contributed by atoms with van der Waals surface area (Å²) < 4.78 is 19.6. The number of amides is 1. The van der Waals surface area contributed by atoms with Crippen molar-refractivity contribution in [3.8, 4) is 11.3 Å². The van der Waals surface area contributed by atoms with Gasteiger partial charge in [0, 0.05) is 36.8 Å². The van der Waals surface area contributed by atoms with Gasteiger partial charge in [-0.3, -0.25) is 9.69 Å². The molecule has 5 nitrogen and oxygen atoms in total. The van der Waals surface area contributed by atoms with E-state index in [9.17, 15) is 9.18 Å². The minimum Gasteiger partial charge on any atom is -0.360 e. The summed E-state index contributed by atoms with van der Waals surface area (Å²) in [7, 11) is 0. The number of benzene rings is 2. The molecule has 8 heteroatoms. The Kier molecular flexibility index (Phi) is 6.41. The summed E-state index contributed by atoms with van der Waals surface area (Å²) in [5.74, 6) is 1.60. The van der Waals surface area contributed by atoms with E-state index in [2.05, 4.69) is 15.4 Å². The molecule has 4 rings (SSSR count). The molecular weight excluding hydrogens is 425 g/mol. The molecule has 1 aliphatic rings. The summed E-state index contributed by atoms with van der Waals surface area (Å²) in [6, 6.07) is 12.1. The number of halogens is 2. The number of aromatic nitrogens is 1. The first-order valence-corrected chi connectivity index (χ1v) is 11.2. The minimum absolute atomic E-state index is 0.0536. The van der Waals surface area contributed by atoms with Crippen LogP contribution >= 0.6 is 23.4 Å². The Hall–Kier alpha value is -2.35. The van der Waals surface area contributed by atoms with Crippen LogP contribution in [0.1, 0.15) is 21.7 Å². The third-order valence-corrected chi connectivity index (χ3v) is 6.24. The molecule has 0 aliphatic carbocycles. The molecule has 1 aromatic heterocycles. The van der Waals surface area contributed by atoms with Crippen molar-refractivity contribution in [3.05, 3.63) is 70.2 Å². The van der Waals surface area contributed by atoms with E-state index in [0.29, 0.717) is 11.4 Å². The first kappa shape index (κ1) is 20.9. The van der Waals surface area contributed by atoms with Gasteiger partial charge in [0.05, 0.1) is 10.6 Å². The lowest BCUT2D eigenvalue weighted by Crippen LogP contribution is -2.31. The first-order valence-electron chi connectivity index (χ1n) is 9.64. The number of anilines is 1. The van der Waals surface area contributed by atoms with Crippen LogP contribution in [0.15, 0.2) is 47.0 Å². The zero-order valence-corrected chi connectivity index (χ0v) is 18.0. The van der Waals surface area contributed by atoms with E-state index in [0.717, 1.165) is 36.7 Å². The number of hydrogen-bond acceptors (Lipinski definition) is 5. The Balaban J connectivity index is 1.57. The molecule has 0 atom stereocenters. The highest BCUT2D eigenvalue weighted by Crippen LogP contribution is 2.33. The van der Waals surface area contributed by atoms with Crippen molar-refractivity contribution < 1.29 is 13.7 Å². The number of thioether (sulfide) groups is 1. The lowest BCUT2D eigenvalue weighted by Gasteiger charge is -2.26. The second-order valence-corrected chi connectivity index (χ2v) is 8.73. The molecule has 0 radical (unpaired) electrons. The third kappa shape index (κ3) is 4.53. The van der Waals surface area contributed by atoms with Gasteiger partial charge in [-0.25, -0.2) is 4.39 Å². The van der Waals surface area contributed by atoms with Crippen molar-refractivity contribution in [2.24, 2.45) is 0 Å². The van der Waals surface area contributed by atoms with E-state index in [-0.39, 0.29) is 21.8 Å². The first-order chi connectivity index (χ1) is 14.5. The van der Waals surface area contributed by atoms with Gasteiger partial charge in [-0.2, -0.15) is 11.8 Å². The predicted octanol–water partition coefficient (Wildman–Crippen LogP) is 5.24. The van der Waals surface area contributed by atoms with Crippen molar-refractivity contribution in [2.45, 2.75) is 13.5 Å². The van der Waals surface area contributed by atoms with E-state index in [1.54, 1.807) is 13.0 Å². The maximum atomic E-state index is 14.4. The Morgan fingerprint density at radius 1 is 1.27 bits per heavy atom. The normalized spacial score (nSPS) is 14.6. The van der Waals surface area contributed by atoms with Crippen LogP contribution in [0.3, 0.4) is 0 Å². The Bertz CT molecular complexity index is 1050. The van der Waals surface area contributed by atoms with Crippen LogP contribution in [0.2, 0.25) is 5.02 Å². The number of aryl methyl sites for hydroxylation is 1. The molecule has 0 unspecified atom stereocenters. The zero-order chi connectivity index (χ0) is 21.1. The molecule has 0 spiro atoms. The fraction of sp³-hybridized carbons (Fsp3) is 0.273. The Labute approximate surface area is 183 Å². The molecular formula is C22H21ClFN3O2S. The molecule has 156 valence electrons. The van der Waals surface area contributed by atoms with Crippen LogP contribution in [0.25, 0.3) is 11.3 Å². The largest absolute Gasteiger partial charge is 0.360 e. The summed E-state index contributed by atoms with van der Waals surface area (Å²) in [6.45, 7) is 4.58. The molecule has 1 saturated heterocycles. The SMILES string of the molecule is Cc1onc(-c2c(F)cccc2Cl)c1C(=O)Nc1cccc(CN2CCSCC2)c1. The maximum Gasteiger partial charge on any atom is 0.261 e. The van der Waals surface area contributed by atoms with Crippen LogP contribution in [0.4, 0.5) is 10.1 Å². The van der Waals surface area contributed by atoms with E-state index in [1.165, 1.54) is 12.1 Å². The van der Waals surface area contributed by atoms with Crippen LogP contribution < -0.4 is 5.32 Å². The highest BCUT2D eigenvalue weighted by Gasteiger charge is 2.25. The standard InChI is InChI=1S/C22H21ClFN3O2S/c1-14-19(21(26-29-14)20-17(23)6-3-7-18(20)24)22(28)25-16-5-2-4-15(12-16)13-27-8-10-30-11-9-27/h2-7,12H,8-11,13H2,1H3,(H,25,28). The zero-order valence-electron chi connectivity index (χ0n) is 16.5. The van der Waals surface area contributed by atoms with Crippen molar-refractivity contribution in [3.63, 3.8) is 0 Å². The lowest BCUT2D eigenvalue weighted by atomic mass is 10.0. The number of hydrogen-bond donors (Lipinski definition) is 1. The van der Waals surface area contributed by atoms with Gasteiger partial charge >= 0.3 is 0 Å². The van der Waals surface area contributed by atoms with E-state index in [1.807, 2.05) is 36.0 Å². The topological polar surface area (TPSA) is 58.4 Å². The van der Waals surface area contributed by atoms with Gasteiger partial charge in [0.2, 0.25) is 0 Å². The fourth-order valence-electron chi connectivity index (χ4n) is 3.49. The molecule has 1 N–H and O–H groups in total. The average molecular weight is 446 g/mol. The highest BCUT2D eigenvalue weighted by atomic mass is 35.5. The minimum atomic E-state index is -0.563. The van der Waals surface area contributed by atoms with Gasteiger partial charge in [-0.15, -0.1) is 0 Å². The van der Waals surface area contributed by atoms with Crippen LogP contribution in [0.5, 0.6) is 0 Å². The number of carbonyl (C=O) groups is 1. The van der Waals surface area contributed by atoms with E-state index in [4.69, 9.17) is 16.1 Å². The summed E-state index contributed by atoms with van der Waals surface area (Å²) in [6.07, 6.45) is 0. The van der Waals surface area contributed by atoms with Crippen molar-refractivity contribution in [1.82, 2.24) is 10.1 Å². The lowest BCUT2D eigenvalue weighted by molar-refractivity contribution is 0.102. The molecule has 2 aromatic carbocycles. The van der Waals surface area contributed by atoms with Gasteiger partial charge in [-0.05, 0) is 36.8 Å². The van der Waals surface area contributed by atoms with Gasteiger partial charge in [0.25, 0.3) is 5.91 Å². The van der Waals surface area contributed by atoms with Gasteiger partial charge in [0.1, 0.15) is 22.8 Å². The second-order valence-electron chi connectivity index (χ2n) is 7.10. The van der Waals surface area contributed by atoms with Crippen molar-refractivity contribution in [2.75, 3.05) is 29.9 Å². The van der Waals surface area contributed by atoms with Crippen molar-refractivity contribution >= 4 is 35.0 Å². The maximum absolute atomic E-state index is 14.4. The van der Waals surface area contributed by atoms with Crippen LogP contribution in [0, 0.1) is 12.7 Å². The quantitative estimate of drug-likeness (QED) is 0.581. The average Bonchev–Trinajstić information content (AvgIpc) is 3.10. The smallest absolute Gasteiger partial charge is 0.261 e. The number of nitrogens with one attached hydrogen (secondary N) is 1. The molecule has 30 heavy (non-hydrogen) atoms. The van der Waals surface area contributed by atoms with E-state index < -0.39 is 11.7 Å². The summed E-state index contributed by atoms with van der Waals surface area (Å²) in [4.78, 5) is 15.4. The molecule has 0 bridgehead atoms. The van der Waals surface area contributed by atoms with Gasteiger partial charge < -0.3 is 9.84 Å². The molecule has 1 amide bonds. The molecule has 1 fully saturated rings. The molecule has 0 saturated carbocycles.